The van der Waals surface area contributed by atoms with E-state index in [1.54, 1.807) is 12.1 Å². The van der Waals surface area contributed by atoms with Crippen molar-refractivity contribution in [1.82, 2.24) is 14.9 Å². The molecule has 3 heterocycles. The molecule has 0 bridgehead atoms. The Hall–Kier alpha value is -3.64. The summed E-state index contributed by atoms with van der Waals surface area (Å²) in [5.74, 6) is 0.232. The van der Waals surface area contributed by atoms with E-state index in [4.69, 9.17) is 12.2 Å². The Balaban J connectivity index is 1.62. The maximum Gasteiger partial charge on any atom is 0.174 e. The number of hydrogen-bond donors (Lipinski definition) is 2. The fraction of sp³-hybridized carbons (Fsp3) is 0.185. The third kappa shape index (κ3) is 3.98. The molecule has 6 heteroatoms. The summed E-state index contributed by atoms with van der Waals surface area (Å²) in [6, 6.07) is 25.8. The Morgan fingerprint density at radius 2 is 1.70 bits per heavy atom. The van der Waals surface area contributed by atoms with Crippen molar-refractivity contribution in [1.29, 1.82) is 0 Å². The molecular formula is C27H26N4OS. The molecule has 0 aliphatic carbocycles. The van der Waals surface area contributed by atoms with Crippen LogP contribution >= 0.6 is 12.2 Å². The lowest BCUT2D eigenvalue weighted by Gasteiger charge is -2.28. The van der Waals surface area contributed by atoms with E-state index in [0.29, 0.717) is 5.11 Å². The monoisotopic (exact) mass is 454 g/mol. The maximum atomic E-state index is 9.82. The average Bonchev–Trinajstić information content (AvgIpc) is 3.32. The average molecular weight is 455 g/mol. The first-order chi connectivity index (χ1) is 16.0. The summed E-state index contributed by atoms with van der Waals surface area (Å²) >= 11 is 5.82. The highest BCUT2D eigenvalue weighted by Crippen LogP contribution is 2.43. The lowest BCUT2D eigenvalue weighted by Crippen LogP contribution is -2.29. The van der Waals surface area contributed by atoms with Gasteiger partial charge >= 0.3 is 0 Å². The van der Waals surface area contributed by atoms with Crippen LogP contribution in [0.1, 0.15) is 40.3 Å². The van der Waals surface area contributed by atoms with Gasteiger partial charge in [-0.3, -0.25) is 4.98 Å². The molecule has 1 fully saturated rings. The molecule has 0 amide bonds. The third-order valence-corrected chi connectivity index (χ3v) is 6.66. The summed E-state index contributed by atoms with van der Waals surface area (Å²) in [6.45, 7) is 5.15. The molecular weight excluding hydrogens is 428 g/mol. The number of nitrogens with zero attached hydrogens (tertiary/aromatic N) is 3. The summed E-state index contributed by atoms with van der Waals surface area (Å²) < 4.78 is 2.36. The number of aromatic nitrogens is 2. The molecule has 1 saturated heterocycles. The first kappa shape index (κ1) is 21.2. The molecule has 2 N–H and O–H groups in total. The molecule has 166 valence electrons. The molecule has 0 radical (unpaired) electrons. The molecule has 2 aromatic carbocycles. The number of pyridine rings is 1. The molecule has 1 aliphatic heterocycles. The second-order valence-electron chi connectivity index (χ2n) is 8.41. The number of benzene rings is 2. The van der Waals surface area contributed by atoms with Crippen LogP contribution < -0.4 is 10.2 Å². The first-order valence-electron chi connectivity index (χ1n) is 11.0. The molecule has 33 heavy (non-hydrogen) atoms. The number of phenols is 1. The number of hydrogen-bond acceptors (Lipinski definition) is 3. The van der Waals surface area contributed by atoms with Crippen LogP contribution in [0.25, 0.3) is 0 Å². The first-order valence-corrected chi connectivity index (χ1v) is 11.4. The van der Waals surface area contributed by atoms with Crippen molar-refractivity contribution >= 4 is 23.0 Å². The Morgan fingerprint density at radius 1 is 0.970 bits per heavy atom. The van der Waals surface area contributed by atoms with E-state index in [-0.39, 0.29) is 17.8 Å². The van der Waals surface area contributed by atoms with Gasteiger partial charge in [0.2, 0.25) is 0 Å². The molecule has 1 aliphatic rings. The molecule has 0 saturated carbocycles. The molecule has 0 unspecified atom stereocenters. The van der Waals surface area contributed by atoms with Gasteiger partial charge < -0.3 is 19.9 Å². The summed E-state index contributed by atoms with van der Waals surface area (Å²) in [7, 11) is 0. The summed E-state index contributed by atoms with van der Waals surface area (Å²) in [5.41, 5.74) is 6.76. The quantitative estimate of drug-likeness (QED) is 0.394. The van der Waals surface area contributed by atoms with E-state index in [1.165, 1.54) is 22.5 Å². The Morgan fingerprint density at radius 3 is 2.39 bits per heavy atom. The zero-order valence-electron chi connectivity index (χ0n) is 18.6. The zero-order chi connectivity index (χ0) is 22.9. The highest BCUT2D eigenvalue weighted by atomic mass is 32.1. The zero-order valence-corrected chi connectivity index (χ0v) is 19.5. The van der Waals surface area contributed by atoms with Crippen molar-refractivity contribution in [3.05, 3.63) is 113 Å². The predicted molar refractivity (Wildman–Crippen MR) is 135 cm³/mol. The Kier molecular flexibility index (Phi) is 5.60. The number of anilines is 1. The standard InChI is InChI=1S/C27H26N4OS/c1-18-16-23(19(2)30(18)17-20-8-4-3-5-9-20)26-25(24-10-6-7-15-28-24)29-27(33)31(26)21-11-13-22(32)14-12-21/h3-16,25-26,32H,17H2,1-2H3,(H,29,33)/t25-,26-/m0/s1. The van der Waals surface area contributed by atoms with Gasteiger partial charge in [-0.1, -0.05) is 36.4 Å². The molecule has 4 aromatic rings. The summed E-state index contributed by atoms with van der Waals surface area (Å²) in [6.07, 6.45) is 1.82. The van der Waals surface area contributed by atoms with Crippen molar-refractivity contribution in [3.8, 4) is 5.75 Å². The Labute approximate surface area is 199 Å². The van der Waals surface area contributed by atoms with E-state index >= 15 is 0 Å². The Bertz CT molecular complexity index is 1270. The smallest absolute Gasteiger partial charge is 0.174 e. The van der Waals surface area contributed by atoms with Crippen LogP contribution in [0.15, 0.2) is 85.1 Å². The van der Waals surface area contributed by atoms with Gasteiger partial charge in [0.05, 0.1) is 17.8 Å². The summed E-state index contributed by atoms with van der Waals surface area (Å²) in [5, 5.41) is 14.0. The molecule has 2 aromatic heterocycles. The highest BCUT2D eigenvalue weighted by Gasteiger charge is 2.42. The third-order valence-electron chi connectivity index (χ3n) is 6.34. The summed E-state index contributed by atoms with van der Waals surface area (Å²) in [4.78, 5) is 6.79. The minimum Gasteiger partial charge on any atom is -0.508 e. The van der Waals surface area contributed by atoms with Crippen molar-refractivity contribution in [2.45, 2.75) is 32.5 Å². The van der Waals surface area contributed by atoms with Gasteiger partial charge in [0.15, 0.2) is 5.11 Å². The topological polar surface area (TPSA) is 53.3 Å². The predicted octanol–water partition coefficient (Wildman–Crippen LogP) is 5.43. The highest BCUT2D eigenvalue weighted by molar-refractivity contribution is 7.80. The largest absolute Gasteiger partial charge is 0.508 e. The number of aromatic hydroxyl groups is 1. The van der Waals surface area contributed by atoms with E-state index in [2.05, 4.69) is 63.9 Å². The van der Waals surface area contributed by atoms with Gasteiger partial charge in [0, 0.05) is 29.8 Å². The SMILES string of the molecule is Cc1cc([C@H]2[C@H](c3ccccn3)NC(=S)N2c2ccc(O)cc2)c(C)n1Cc1ccccc1. The van der Waals surface area contributed by atoms with E-state index < -0.39 is 0 Å². The fourth-order valence-electron chi connectivity index (χ4n) is 4.70. The molecule has 0 spiro atoms. The lowest BCUT2D eigenvalue weighted by atomic mass is 9.96. The van der Waals surface area contributed by atoms with E-state index in [0.717, 1.165) is 17.9 Å². The minimum atomic E-state index is -0.0989. The molecule has 5 nitrogen and oxygen atoms in total. The van der Waals surface area contributed by atoms with Crippen LogP contribution in [0.4, 0.5) is 5.69 Å². The van der Waals surface area contributed by atoms with Crippen molar-refractivity contribution < 1.29 is 5.11 Å². The van der Waals surface area contributed by atoms with Crippen LogP contribution in [0.5, 0.6) is 5.75 Å². The number of aryl methyl sites for hydroxylation is 1. The number of phenolic OH excluding ortho intramolecular Hbond substituents is 1. The second-order valence-corrected chi connectivity index (χ2v) is 8.80. The maximum absolute atomic E-state index is 9.82. The van der Waals surface area contributed by atoms with Crippen molar-refractivity contribution in [3.63, 3.8) is 0 Å². The van der Waals surface area contributed by atoms with Crippen LogP contribution in [0.2, 0.25) is 0 Å². The van der Waals surface area contributed by atoms with Crippen LogP contribution in [-0.2, 0) is 6.54 Å². The van der Waals surface area contributed by atoms with E-state index in [1.807, 2.05) is 42.6 Å². The number of rotatable bonds is 5. The second kappa shape index (κ2) is 8.71. The van der Waals surface area contributed by atoms with Crippen LogP contribution in [-0.4, -0.2) is 19.8 Å². The van der Waals surface area contributed by atoms with Gasteiger partial charge in [0.1, 0.15) is 5.75 Å². The van der Waals surface area contributed by atoms with Crippen LogP contribution in [0.3, 0.4) is 0 Å². The van der Waals surface area contributed by atoms with Gasteiger partial charge in [-0.2, -0.15) is 0 Å². The minimum absolute atomic E-state index is 0.0762. The molecule has 2 atom stereocenters. The molecule has 5 rings (SSSR count). The van der Waals surface area contributed by atoms with Crippen LogP contribution in [0, 0.1) is 13.8 Å². The van der Waals surface area contributed by atoms with E-state index in [9.17, 15) is 5.11 Å². The van der Waals surface area contributed by atoms with Gasteiger partial charge in [-0.15, -0.1) is 0 Å². The van der Waals surface area contributed by atoms with Crippen molar-refractivity contribution in [2.24, 2.45) is 0 Å². The number of nitrogens with one attached hydrogen (secondary N) is 1. The lowest BCUT2D eigenvalue weighted by molar-refractivity contribution is 0.475. The van der Waals surface area contributed by atoms with Gasteiger partial charge in [-0.25, -0.2) is 0 Å². The number of thiocarbonyl (C=S) groups is 1. The van der Waals surface area contributed by atoms with Gasteiger partial charge in [0.25, 0.3) is 0 Å². The van der Waals surface area contributed by atoms with Crippen molar-refractivity contribution in [2.75, 3.05) is 4.90 Å². The normalized spacial score (nSPS) is 17.9. The van der Waals surface area contributed by atoms with Gasteiger partial charge in [-0.05, 0) is 79.7 Å². The fourth-order valence-corrected chi connectivity index (χ4v) is 5.04.